The zero-order valence-corrected chi connectivity index (χ0v) is 19.0. The van der Waals surface area contributed by atoms with Crippen molar-refractivity contribution in [2.75, 3.05) is 13.2 Å². The average Bonchev–Trinajstić information content (AvgIpc) is 2.71. The van der Waals surface area contributed by atoms with Crippen molar-refractivity contribution in [2.45, 2.75) is 39.9 Å². The van der Waals surface area contributed by atoms with E-state index in [9.17, 15) is 9.59 Å². The number of halogens is 1. The van der Waals surface area contributed by atoms with Gasteiger partial charge in [-0.1, -0.05) is 49.0 Å². The second-order valence-corrected chi connectivity index (χ2v) is 7.75. The molecule has 166 valence electrons. The van der Waals surface area contributed by atoms with Crippen LogP contribution >= 0.6 is 11.6 Å². The first-order chi connectivity index (χ1) is 14.6. The Bertz CT molecular complexity index is 997. The van der Waals surface area contributed by atoms with Crippen LogP contribution in [0.3, 0.4) is 0 Å². The van der Waals surface area contributed by atoms with Crippen LogP contribution < -0.4 is 9.47 Å². The summed E-state index contributed by atoms with van der Waals surface area (Å²) in [6, 6.07) is 9.12. The summed E-state index contributed by atoms with van der Waals surface area (Å²) in [5.74, 6) is 0.0546. The van der Waals surface area contributed by atoms with Crippen molar-refractivity contribution in [1.82, 2.24) is 0 Å². The molecule has 6 nitrogen and oxygen atoms in total. The van der Waals surface area contributed by atoms with Crippen molar-refractivity contribution in [3.8, 4) is 11.5 Å². The van der Waals surface area contributed by atoms with Gasteiger partial charge in [-0.05, 0) is 27.7 Å². The number of hydrogen-bond acceptors (Lipinski definition) is 6. The van der Waals surface area contributed by atoms with E-state index in [2.05, 4.69) is 13.2 Å². The maximum Gasteiger partial charge on any atom is 0.333 e. The summed E-state index contributed by atoms with van der Waals surface area (Å²) in [5.41, 5.74) is 0.644. The Balaban J connectivity index is 2.16. The molecule has 0 spiro atoms. The fourth-order valence-electron chi connectivity index (χ4n) is 2.59. The normalized spacial score (nSPS) is 12.5. The standard InChI is InChI=1S/C24H27ClO6/c1-14(2)23(26)30-16(5)12-28-21-11-20(25)22(19-10-8-7-9-18(19)21)29-13-17(6)31-24(27)15(3)4/h7-11,16-17H,1,3,12-13H2,2,4-6H3. The predicted molar refractivity (Wildman–Crippen MR) is 121 cm³/mol. The summed E-state index contributed by atoms with van der Waals surface area (Å²) in [4.78, 5) is 23.3. The van der Waals surface area contributed by atoms with E-state index in [1.807, 2.05) is 24.3 Å². The number of benzene rings is 2. The third-order valence-electron chi connectivity index (χ3n) is 4.16. The van der Waals surface area contributed by atoms with Gasteiger partial charge in [0.05, 0.1) is 5.02 Å². The van der Waals surface area contributed by atoms with Crippen LogP contribution in [0.2, 0.25) is 5.02 Å². The molecule has 0 aliphatic rings. The van der Waals surface area contributed by atoms with Crippen LogP contribution in [-0.2, 0) is 19.1 Å². The highest BCUT2D eigenvalue weighted by molar-refractivity contribution is 6.33. The molecule has 0 N–H and O–H groups in total. The van der Waals surface area contributed by atoms with Crippen LogP contribution in [0.4, 0.5) is 0 Å². The summed E-state index contributed by atoms with van der Waals surface area (Å²) in [6.45, 7) is 14.0. The first-order valence-corrected chi connectivity index (χ1v) is 10.2. The monoisotopic (exact) mass is 446 g/mol. The fourth-order valence-corrected chi connectivity index (χ4v) is 2.85. The van der Waals surface area contributed by atoms with Gasteiger partial charge < -0.3 is 18.9 Å². The molecule has 31 heavy (non-hydrogen) atoms. The van der Waals surface area contributed by atoms with E-state index in [4.69, 9.17) is 30.5 Å². The third-order valence-corrected chi connectivity index (χ3v) is 4.44. The van der Waals surface area contributed by atoms with E-state index in [1.54, 1.807) is 33.8 Å². The van der Waals surface area contributed by atoms with Gasteiger partial charge in [-0.15, -0.1) is 0 Å². The summed E-state index contributed by atoms with van der Waals surface area (Å²) >= 11 is 6.47. The third kappa shape index (κ3) is 6.76. The van der Waals surface area contributed by atoms with E-state index in [-0.39, 0.29) is 13.2 Å². The molecule has 0 aliphatic heterocycles. The molecule has 0 aliphatic carbocycles. The lowest BCUT2D eigenvalue weighted by Crippen LogP contribution is -2.22. The number of esters is 2. The molecule has 0 bridgehead atoms. The molecule has 0 aromatic heterocycles. The number of rotatable bonds is 10. The second-order valence-electron chi connectivity index (χ2n) is 7.35. The van der Waals surface area contributed by atoms with E-state index in [1.165, 1.54) is 0 Å². The van der Waals surface area contributed by atoms with E-state index in [0.717, 1.165) is 10.8 Å². The smallest absolute Gasteiger partial charge is 0.333 e. The zero-order valence-electron chi connectivity index (χ0n) is 18.2. The zero-order chi connectivity index (χ0) is 23.1. The SMILES string of the molecule is C=C(C)C(=O)OC(C)COc1cc(Cl)c(OCC(C)OC(=O)C(=C)C)c2ccccc12. The molecule has 0 saturated heterocycles. The second kappa shape index (κ2) is 10.9. The van der Waals surface area contributed by atoms with Gasteiger partial charge in [-0.3, -0.25) is 0 Å². The van der Waals surface area contributed by atoms with Crippen LogP contribution in [0.5, 0.6) is 11.5 Å². The summed E-state index contributed by atoms with van der Waals surface area (Å²) < 4.78 is 22.2. The minimum Gasteiger partial charge on any atom is -0.489 e. The summed E-state index contributed by atoms with van der Waals surface area (Å²) in [7, 11) is 0. The van der Waals surface area contributed by atoms with Crippen molar-refractivity contribution in [3.63, 3.8) is 0 Å². The Hall–Kier alpha value is -2.99. The minimum atomic E-state index is -0.487. The van der Waals surface area contributed by atoms with Gasteiger partial charge in [0.15, 0.2) is 0 Å². The highest BCUT2D eigenvalue weighted by Crippen LogP contribution is 2.39. The quantitative estimate of drug-likeness (QED) is 0.366. The summed E-state index contributed by atoms with van der Waals surface area (Å²) in [6.07, 6.45) is -0.958. The maximum atomic E-state index is 11.7. The molecule has 2 atom stereocenters. The molecule has 0 radical (unpaired) electrons. The lowest BCUT2D eigenvalue weighted by Gasteiger charge is -2.19. The Morgan fingerprint density at radius 2 is 1.39 bits per heavy atom. The molecule has 2 rings (SSSR count). The molecular formula is C24H27ClO6. The number of hydrogen-bond donors (Lipinski definition) is 0. The fraction of sp³-hybridized carbons (Fsp3) is 0.333. The first kappa shape index (κ1) is 24.3. The molecule has 0 heterocycles. The van der Waals surface area contributed by atoms with Gasteiger partial charge in [-0.2, -0.15) is 0 Å². The Morgan fingerprint density at radius 3 is 1.90 bits per heavy atom. The number of carbonyl (C=O) groups excluding carboxylic acids is 2. The topological polar surface area (TPSA) is 71.1 Å². The van der Waals surface area contributed by atoms with E-state index < -0.39 is 24.1 Å². The van der Waals surface area contributed by atoms with Gasteiger partial charge in [0, 0.05) is 28.0 Å². The largest absolute Gasteiger partial charge is 0.489 e. The molecule has 0 fully saturated rings. The van der Waals surface area contributed by atoms with Crippen LogP contribution in [0, 0.1) is 0 Å². The molecule has 2 aromatic carbocycles. The highest BCUT2D eigenvalue weighted by Gasteiger charge is 2.17. The lowest BCUT2D eigenvalue weighted by atomic mass is 10.1. The average molecular weight is 447 g/mol. The van der Waals surface area contributed by atoms with E-state index in [0.29, 0.717) is 27.7 Å². The highest BCUT2D eigenvalue weighted by atomic mass is 35.5. The van der Waals surface area contributed by atoms with Crippen molar-refractivity contribution in [2.24, 2.45) is 0 Å². The Morgan fingerprint density at radius 1 is 0.903 bits per heavy atom. The number of carbonyl (C=O) groups is 2. The first-order valence-electron chi connectivity index (χ1n) is 9.80. The summed E-state index contributed by atoms with van der Waals surface area (Å²) in [5, 5.41) is 1.88. The van der Waals surface area contributed by atoms with Gasteiger partial charge >= 0.3 is 11.9 Å². The Kier molecular flexibility index (Phi) is 8.51. The van der Waals surface area contributed by atoms with Gasteiger partial charge in [0.1, 0.15) is 36.9 Å². The van der Waals surface area contributed by atoms with Gasteiger partial charge in [-0.25, -0.2) is 9.59 Å². The predicted octanol–water partition coefficient (Wildman–Crippen LogP) is 5.27. The van der Waals surface area contributed by atoms with Crippen molar-refractivity contribution >= 4 is 34.3 Å². The van der Waals surface area contributed by atoms with Gasteiger partial charge in [0.2, 0.25) is 0 Å². The molecule has 2 aromatic rings. The molecular weight excluding hydrogens is 420 g/mol. The van der Waals surface area contributed by atoms with Crippen molar-refractivity contribution < 1.29 is 28.5 Å². The van der Waals surface area contributed by atoms with Crippen LogP contribution in [0.1, 0.15) is 27.7 Å². The molecule has 7 heteroatoms. The van der Waals surface area contributed by atoms with Crippen LogP contribution in [-0.4, -0.2) is 37.4 Å². The maximum absolute atomic E-state index is 11.7. The van der Waals surface area contributed by atoms with Gasteiger partial charge in [0.25, 0.3) is 0 Å². The minimum absolute atomic E-state index is 0.122. The molecule has 0 amide bonds. The molecule has 2 unspecified atom stereocenters. The number of fused-ring (bicyclic) bond motifs is 1. The van der Waals surface area contributed by atoms with Crippen molar-refractivity contribution in [1.29, 1.82) is 0 Å². The lowest BCUT2D eigenvalue weighted by molar-refractivity contribution is -0.145. The van der Waals surface area contributed by atoms with Crippen LogP contribution in [0.15, 0.2) is 54.6 Å². The Labute approximate surface area is 187 Å². The van der Waals surface area contributed by atoms with E-state index >= 15 is 0 Å². The number of ether oxygens (including phenoxy) is 4. The van der Waals surface area contributed by atoms with Crippen molar-refractivity contribution in [3.05, 3.63) is 59.7 Å². The molecule has 0 saturated carbocycles. The van der Waals surface area contributed by atoms with Crippen LogP contribution in [0.25, 0.3) is 10.8 Å².